The lowest BCUT2D eigenvalue weighted by Gasteiger charge is -2.22. The maximum absolute atomic E-state index is 10.9. The summed E-state index contributed by atoms with van der Waals surface area (Å²) in [7, 11) is 0. The predicted molar refractivity (Wildman–Crippen MR) is 66.2 cm³/mol. The number of aliphatic hydroxyl groups is 2. The van der Waals surface area contributed by atoms with Crippen LogP contribution in [0.1, 0.15) is 0 Å². The van der Waals surface area contributed by atoms with E-state index in [9.17, 15) is 50.6 Å². The first-order valence-corrected chi connectivity index (χ1v) is 5.60. The average molecular weight is 358 g/mol. The Balaban J connectivity index is 5.95. The van der Waals surface area contributed by atoms with Gasteiger partial charge in [-0.25, -0.2) is 10.1 Å². The molecule has 0 saturated heterocycles. The summed E-state index contributed by atoms with van der Waals surface area (Å²) < 4.78 is 0. The first-order chi connectivity index (χ1) is 10.9. The van der Waals surface area contributed by atoms with Gasteiger partial charge in [0.1, 0.15) is 19.7 Å². The summed E-state index contributed by atoms with van der Waals surface area (Å²) in [5, 5.41) is 69.6. The number of hydrogen-bond donors (Lipinski definition) is 2. The van der Waals surface area contributed by atoms with Crippen molar-refractivity contribution >= 4 is 0 Å². The van der Waals surface area contributed by atoms with E-state index in [-0.39, 0.29) is 0 Å². The Labute approximate surface area is 129 Å². The molecule has 18 heteroatoms. The van der Waals surface area contributed by atoms with Crippen LogP contribution in [0.2, 0.25) is 0 Å². The summed E-state index contributed by atoms with van der Waals surface area (Å²) in [5.74, 6) is 0. The maximum Gasteiger partial charge on any atom is 0.502 e. The van der Waals surface area contributed by atoms with Crippen molar-refractivity contribution in [3.8, 4) is 0 Å². The van der Waals surface area contributed by atoms with Gasteiger partial charge in [0.05, 0.1) is 0 Å². The lowest BCUT2D eigenvalue weighted by Crippen LogP contribution is -2.63. The lowest BCUT2D eigenvalue weighted by atomic mass is 10.1. The van der Waals surface area contributed by atoms with E-state index in [4.69, 9.17) is 10.2 Å². The molecule has 18 nitrogen and oxygen atoms in total. The average Bonchev–Trinajstić information content (AvgIpc) is 2.46. The zero-order valence-corrected chi connectivity index (χ0v) is 11.5. The van der Waals surface area contributed by atoms with Crippen LogP contribution in [-0.4, -0.2) is 77.6 Å². The normalized spacial score (nSPS) is 11.6. The number of hydrazine groups is 1. The summed E-state index contributed by atoms with van der Waals surface area (Å²) in [6.45, 7) is -7.33. The van der Waals surface area contributed by atoms with Crippen molar-refractivity contribution in [2.75, 3.05) is 26.3 Å². The quantitative estimate of drug-likeness (QED) is 0.211. The summed E-state index contributed by atoms with van der Waals surface area (Å²) >= 11 is 0. The molecule has 0 saturated carbocycles. The molecular weight excluding hydrogens is 348 g/mol. The van der Waals surface area contributed by atoms with Crippen LogP contribution < -0.4 is 0 Å². The van der Waals surface area contributed by atoms with Crippen molar-refractivity contribution < 1.29 is 34.9 Å². The van der Waals surface area contributed by atoms with E-state index >= 15 is 0 Å². The topological polar surface area (TPSA) is 259 Å². The fourth-order valence-electron chi connectivity index (χ4n) is 1.45. The number of nitrogens with zero attached hydrogens (tertiary/aromatic N) is 6. The molecule has 0 heterocycles. The van der Waals surface area contributed by atoms with E-state index < -0.39 is 67.4 Å². The molecule has 0 aliphatic rings. The second-order valence-electron chi connectivity index (χ2n) is 4.37. The fraction of sp³-hybridized carbons (Fsp3) is 1.00. The molecule has 0 amide bonds. The Bertz CT molecular complexity index is 492. The maximum atomic E-state index is 10.9. The Hall–Kier alpha value is -3.28. The van der Waals surface area contributed by atoms with Crippen LogP contribution in [0, 0.1) is 50.6 Å². The third kappa shape index (κ3) is 3.55. The van der Waals surface area contributed by atoms with Gasteiger partial charge in [0.25, 0.3) is 0 Å². The molecule has 0 aromatic carbocycles. The van der Waals surface area contributed by atoms with Crippen molar-refractivity contribution in [1.29, 1.82) is 0 Å². The van der Waals surface area contributed by atoms with Gasteiger partial charge in [0.15, 0.2) is 18.2 Å². The van der Waals surface area contributed by atoms with Crippen LogP contribution in [0.15, 0.2) is 0 Å². The van der Waals surface area contributed by atoms with Crippen LogP contribution in [-0.2, 0) is 0 Å². The number of aliphatic hydroxyl groups excluding tert-OH is 2. The zero-order chi connectivity index (χ0) is 19.3. The molecule has 0 atom stereocenters. The molecule has 136 valence electrons. The molecule has 0 radical (unpaired) electrons. The molecule has 0 fully saturated rings. The van der Waals surface area contributed by atoms with Gasteiger partial charge in [0.2, 0.25) is 13.1 Å². The third-order valence-electron chi connectivity index (χ3n) is 2.97. The molecule has 0 bridgehead atoms. The Morgan fingerprint density at radius 1 is 0.667 bits per heavy atom. The molecule has 0 spiro atoms. The Kier molecular flexibility index (Phi) is 6.32. The van der Waals surface area contributed by atoms with Gasteiger partial charge in [-0.3, -0.25) is 40.5 Å². The Morgan fingerprint density at radius 3 is 1.04 bits per heavy atom. The standard InChI is InChI=1S/C6H10N6O12/c13-3-5(8(15)16,9(17)18)1-7(12(23)24)2-6(4-14,10(19)20)11(21)22/h13-14H,1-4H2. The highest BCUT2D eigenvalue weighted by molar-refractivity contribution is 4.74. The summed E-state index contributed by atoms with van der Waals surface area (Å²) in [5.41, 5.74) is -7.11. The number of hydrogen-bond acceptors (Lipinski definition) is 12. The van der Waals surface area contributed by atoms with Gasteiger partial charge < -0.3 is 10.2 Å². The fourth-order valence-corrected chi connectivity index (χ4v) is 1.45. The monoisotopic (exact) mass is 358 g/mol. The second kappa shape index (κ2) is 7.32. The van der Waals surface area contributed by atoms with Gasteiger partial charge in [-0.2, -0.15) is 0 Å². The minimum Gasteiger partial charge on any atom is -0.382 e. The van der Waals surface area contributed by atoms with Gasteiger partial charge in [-0.15, -0.1) is 0 Å². The minimum atomic E-state index is -3.55. The van der Waals surface area contributed by atoms with Crippen molar-refractivity contribution in [3.05, 3.63) is 50.6 Å². The van der Waals surface area contributed by atoms with Crippen LogP contribution in [0.5, 0.6) is 0 Å². The highest BCUT2D eigenvalue weighted by Crippen LogP contribution is 2.18. The summed E-state index contributed by atoms with van der Waals surface area (Å²) in [4.78, 5) is 47.3. The van der Waals surface area contributed by atoms with Crippen LogP contribution >= 0.6 is 0 Å². The van der Waals surface area contributed by atoms with E-state index in [0.29, 0.717) is 0 Å². The zero-order valence-electron chi connectivity index (χ0n) is 11.5. The van der Waals surface area contributed by atoms with Crippen molar-refractivity contribution in [2.24, 2.45) is 0 Å². The molecule has 0 aromatic rings. The van der Waals surface area contributed by atoms with Crippen LogP contribution in [0.25, 0.3) is 0 Å². The molecule has 0 aliphatic carbocycles. The molecule has 0 unspecified atom stereocenters. The number of rotatable bonds is 11. The van der Waals surface area contributed by atoms with Gasteiger partial charge in [-0.1, -0.05) is 5.01 Å². The van der Waals surface area contributed by atoms with Crippen molar-refractivity contribution in [2.45, 2.75) is 11.3 Å². The van der Waals surface area contributed by atoms with Gasteiger partial charge in [-0.05, 0) is 0 Å². The Morgan fingerprint density at radius 2 is 0.917 bits per heavy atom. The minimum absolute atomic E-state index is 0.552. The van der Waals surface area contributed by atoms with E-state index in [1.807, 2.05) is 0 Å². The first-order valence-electron chi connectivity index (χ1n) is 5.60. The highest BCUT2D eigenvalue weighted by Gasteiger charge is 2.65. The second-order valence-corrected chi connectivity index (χ2v) is 4.37. The molecular formula is C6H10N6O12. The molecule has 24 heavy (non-hydrogen) atoms. The highest BCUT2D eigenvalue weighted by atomic mass is 16.7. The van der Waals surface area contributed by atoms with E-state index in [1.165, 1.54) is 0 Å². The first kappa shape index (κ1) is 20.7. The summed E-state index contributed by atoms with van der Waals surface area (Å²) in [6, 6.07) is 0. The largest absolute Gasteiger partial charge is 0.502 e. The summed E-state index contributed by atoms with van der Waals surface area (Å²) in [6.07, 6.45) is 0. The van der Waals surface area contributed by atoms with Gasteiger partial charge in [0, 0.05) is 0 Å². The predicted octanol–water partition coefficient (Wildman–Crippen LogP) is -3.04. The van der Waals surface area contributed by atoms with E-state index in [0.717, 1.165) is 0 Å². The smallest absolute Gasteiger partial charge is 0.382 e. The lowest BCUT2D eigenvalue weighted by molar-refractivity contribution is -0.827. The molecule has 0 aromatic heterocycles. The number of nitro groups is 5. The van der Waals surface area contributed by atoms with Crippen molar-refractivity contribution in [1.82, 2.24) is 5.01 Å². The molecule has 0 aliphatic heterocycles. The van der Waals surface area contributed by atoms with Crippen LogP contribution in [0.3, 0.4) is 0 Å². The van der Waals surface area contributed by atoms with E-state index in [2.05, 4.69) is 0 Å². The van der Waals surface area contributed by atoms with E-state index in [1.54, 1.807) is 0 Å². The van der Waals surface area contributed by atoms with Crippen LogP contribution in [0.4, 0.5) is 0 Å². The molecule has 2 N–H and O–H groups in total. The molecule has 0 rings (SSSR count). The van der Waals surface area contributed by atoms with Crippen molar-refractivity contribution in [3.63, 3.8) is 0 Å². The SMILES string of the molecule is O=[N+]([O-])N(CC(CO)([N+](=O)[O-])[N+](=O)[O-])CC(CO)([N+](=O)[O-])[N+](=O)[O-]. The van der Waals surface area contributed by atoms with Gasteiger partial charge >= 0.3 is 11.3 Å². The third-order valence-corrected chi connectivity index (χ3v) is 2.97.